The second kappa shape index (κ2) is 2.86. The second-order valence-electron chi connectivity index (χ2n) is 4.63. The zero-order valence-corrected chi connectivity index (χ0v) is 8.63. The van der Waals surface area contributed by atoms with E-state index in [1.54, 1.807) is 0 Å². The Bertz CT molecular complexity index is 297. The van der Waals surface area contributed by atoms with Crippen LogP contribution in [0.15, 0.2) is 10.6 Å². The van der Waals surface area contributed by atoms with Crippen molar-refractivity contribution >= 4 is 0 Å². The van der Waals surface area contributed by atoms with Gasteiger partial charge in [0.2, 0.25) is 0 Å². The van der Waals surface area contributed by atoms with Gasteiger partial charge in [0.25, 0.3) is 0 Å². The summed E-state index contributed by atoms with van der Waals surface area (Å²) in [6.07, 6.45) is 3.66. The third-order valence-corrected chi connectivity index (χ3v) is 3.09. The lowest BCUT2D eigenvalue weighted by molar-refractivity contribution is 0.357. The molecule has 0 spiro atoms. The van der Waals surface area contributed by atoms with Crippen molar-refractivity contribution < 1.29 is 4.52 Å². The minimum absolute atomic E-state index is 0.163. The Morgan fingerprint density at radius 2 is 2.23 bits per heavy atom. The van der Waals surface area contributed by atoms with Crippen LogP contribution < -0.4 is 0 Å². The molecule has 0 N–H and O–H groups in total. The highest BCUT2D eigenvalue weighted by atomic mass is 16.5. The fourth-order valence-electron chi connectivity index (χ4n) is 1.35. The molecular weight excluding hydrogens is 162 g/mol. The van der Waals surface area contributed by atoms with Crippen LogP contribution in [0.1, 0.15) is 57.4 Å². The van der Waals surface area contributed by atoms with Crippen molar-refractivity contribution in [3.63, 3.8) is 0 Å². The highest BCUT2D eigenvalue weighted by Gasteiger charge is 2.30. The summed E-state index contributed by atoms with van der Waals surface area (Å²) in [4.78, 5) is 0. The van der Waals surface area contributed by atoms with Crippen LogP contribution in [-0.2, 0) is 5.41 Å². The lowest BCUT2D eigenvalue weighted by Crippen LogP contribution is -2.15. The van der Waals surface area contributed by atoms with Crippen molar-refractivity contribution in [2.45, 2.75) is 51.4 Å². The summed E-state index contributed by atoms with van der Waals surface area (Å²) in [7, 11) is 0. The number of nitrogens with zero attached hydrogens (tertiary/aromatic N) is 1. The summed E-state index contributed by atoms with van der Waals surface area (Å²) >= 11 is 0. The molecule has 1 aromatic rings. The molecule has 1 aliphatic carbocycles. The smallest absolute Gasteiger partial charge is 0.140 e. The summed E-state index contributed by atoms with van der Waals surface area (Å²) in [6.45, 7) is 6.61. The molecule has 1 heterocycles. The van der Waals surface area contributed by atoms with Gasteiger partial charge >= 0.3 is 0 Å². The molecule has 0 atom stereocenters. The van der Waals surface area contributed by atoms with Crippen LogP contribution in [0.4, 0.5) is 0 Å². The van der Waals surface area contributed by atoms with Crippen LogP contribution in [-0.4, -0.2) is 5.16 Å². The van der Waals surface area contributed by atoms with Gasteiger partial charge in [-0.15, -0.1) is 0 Å². The topological polar surface area (TPSA) is 26.0 Å². The van der Waals surface area contributed by atoms with Gasteiger partial charge in [-0.1, -0.05) is 25.9 Å². The molecule has 1 fully saturated rings. The molecule has 2 nitrogen and oxygen atoms in total. The SMILES string of the molecule is CCC(C)(C)c1cc(C2CC2)on1. The maximum atomic E-state index is 5.33. The predicted molar refractivity (Wildman–Crippen MR) is 51.8 cm³/mol. The quantitative estimate of drug-likeness (QED) is 0.712. The summed E-state index contributed by atoms with van der Waals surface area (Å²) in [6, 6.07) is 2.14. The Morgan fingerprint density at radius 3 is 2.77 bits per heavy atom. The average molecular weight is 179 g/mol. The molecule has 0 unspecified atom stereocenters. The Morgan fingerprint density at radius 1 is 1.54 bits per heavy atom. The van der Waals surface area contributed by atoms with Gasteiger partial charge in [-0.3, -0.25) is 0 Å². The monoisotopic (exact) mass is 179 g/mol. The van der Waals surface area contributed by atoms with E-state index in [0.29, 0.717) is 5.92 Å². The summed E-state index contributed by atoms with van der Waals surface area (Å²) in [5.74, 6) is 1.77. The number of hydrogen-bond acceptors (Lipinski definition) is 2. The number of hydrogen-bond donors (Lipinski definition) is 0. The van der Waals surface area contributed by atoms with Crippen LogP contribution in [0.2, 0.25) is 0 Å². The molecule has 72 valence electrons. The Labute approximate surface area is 79.3 Å². The molecule has 0 aromatic carbocycles. The molecule has 0 radical (unpaired) electrons. The van der Waals surface area contributed by atoms with E-state index in [1.165, 1.54) is 12.8 Å². The Balaban J connectivity index is 2.20. The lowest BCUT2D eigenvalue weighted by Gasteiger charge is -2.18. The molecule has 0 aliphatic heterocycles. The normalized spacial score (nSPS) is 17.8. The van der Waals surface area contributed by atoms with E-state index in [1.807, 2.05) is 0 Å². The van der Waals surface area contributed by atoms with Crippen molar-refractivity contribution in [2.24, 2.45) is 0 Å². The molecule has 1 aromatic heterocycles. The summed E-state index contributed by atoms with van der Waals surface area (Å²) in [5.41, 5.74) is 1.27. The Hall–Kier alpha value is -0.790. The van der Waals surface area contributed by atoms with Crippen LogP contribution in [0, 0.1) is 0 Å². The molecule has 2 rings (SSSR count). The summed E-state index contributed by atoms with van der Waals surface area (Å²) < 4.78 is 5.33. The maximum Gasteiger partial charge on any atom is 0.140 e. The summed E-state index contributed by atoms with van der Waals surface area (Å²) in [5, 5.41) is 4.14. The van der Waals surface area contributed by atoms with Gasteiger partial charge in [0, 0.05) is 17.4 Å². The molecule has 0 saturated heterocycles. The van der Waals surface area contributed by atoms with Crippen LogP contribution in [0.5, 0.6) is 0 Å². The molecule has 0 bridgehead atoms. The van der Waals surface area contributed by atoms with E-state index < -0.39 is 0 Å². The number of aromatic nitrogens is 1. The van der Waals surface area contributed by atoms with Gasteiger partial charge in [0.15, 0.2) is 0 Å². The van der Waals surface area contributed by atoms with E-state index >= 15 is 0 Å². The fraction of sp³-hybridized carbons (Fsp3) is 0.727. The van der Waals surface area contributed by atoms with Gasteiger partial charge in [0.05, 0.1) is 5.69 Å². The lowest BCUT2D eigenvalue weighted by atomic mass is 9.86. The standard InChI is InChI=1S/C11H17NO/c1-4-11(2,3)10-7-9(13-12-10)8-5-6-8/h7-8H,4-6H2,1-3H3. The van der Waals surface area contributed by atoms with Crippen molar-refractivity contribution in [2.75, 3.05) is 0 Å². The van der Waals surface area contributed by atoms with E-state index in [9.17, 15) is 0 Å². The molecule has 0 amide bonds. The first-order chi connectivity index (χ1) is 6.13. The van der Waals surface area contributed by atoms with Crippen LogP contribution in [0.25, 0.3) is 0 Å². The second-order valence-corrected chi connectivity index (χ2v) is 4.63. The third kappa shape index (κ3) is 1.62. The zero-order chi connectivity index (χ0) is 9.47. The van der Waals surface area contributed by atoms with Crippen LogP contribution in [0.3, 0.4) is 0 Å². The molecule has 1 aliphatic rings. The largest absolute Gasteiger partial charge is 0.361 e. The zero-order valence-electron chi connectivity index (χ0n) is 8.63. The van der Waals surface area contributed by atoms with Crippen molar-refractivity contribution in [3.05, 3.63) is 17.5 Å². The van der Waals surface area contributed by atoms with E-state index in [0.717, 1.165) is 17.9 Å². The van der Waals surface area contributed by atoms with E-state index in [2.05, 4.69) is 32.0 Å². The van der Waals surface area contributed by atoms with Crippen LogP contribution >= 0.6 is 0 Å². The first-order valence-corrected chi connectivity index (χ1v) is 5.10. The first-order valence-electron chi connectivity index (χ1n) is 5.10. The average Bonchev–Trinajstić information content (AvgIpc) is 2.83. The Kier molecular flexibility index (Phi) is 1.94. The van der Waals surface area contributed by atoms with Crippen molar-refractivity contribution in [3.8, 4) is 0 Å². The maximum absolute atomic E-state index is 5.33. The highest BCUT2D eigenvalue weighted by Crippen LogP contribution is 2.41. The predicted octanol–water partition coefficient (Wildman–Crippen LogP) is 3.24. The van der Waals surface area contributed by atoms with Gasteiger partial charge in [0.1, 0.15) is 5.76 Å². The van der Waals surface area contributed by atoms with Crippen molar-refractivity contribution in [1.82, 2.24) is 5.16 Å². The van der Waals surface area contributed by atoms with Gasteiger partial charge in [-0.05, 0) is 19.3 Å². The molecule has 13 heavy (non-hydrogen) atoms. The highest BCUT2D eigenvalue weighted by molar-refractivity contribution is 5.19. The molecular formula is C11H17NO. The minimum atomic E-state index is 0.163. The first kappa shape index (κ1) is 8.79. The minimum Gasteiger partial charge on any atom is -0.361 e. The third-order valence-electron chi connectivity index (χ3n) is 3.09. The fourth-order valence-corrected chi connectivity index (χ4v) is 1.35. The van der Waals surface area contributed by atoms with Gasteiger partial charge in [-0.2, -0.15) is 0 Å². The van der Waals surface area contributed by atoms with Crippen molar-refractivity contribution in [1.29, 1.82) is 0 Å². The molecule has 1 saturated carbocycles. The molecule has 2 heteroatoms. The number of rotatable bonds is 3. The van der Waals surface area contributed by atoms with E-state index in [-0.39, 0.29) is 5.41 Å². The van der Waals surface area contributed by atoms with E-state index in [4.69, 9.17) is 4.52 Å². The van der Waals surface area contributed by atoms with Gasteiger partial charge < -0.3 is 4.52 Å². The van der Waals surface area contributed by atoms with Gasteiger partial charge in [-0.25, -0.2) is 0 Å².